The fourth-order valence-electron chi connectivity index (χ4n) is 1.89. The number of ether oxygens (including phenoxy) is 1. The number of aryl methyl sites for hydroxylation is 1. The van der Waals surface area contributed by atoms with Crippen molar-refractivity contribution in [2.24, 2.45) is 0 Å². The minimum Gasteiger partial charge on any atom is -0.496 e. The summed E-state index contributed by atoms with van der Waals surface area (Å²) in [5, 5.41) is 2.85. The first-order valence-corrected chi connectivity index (χ1v) is 7.27. The van der Waals surface area contributed by atoms with Gasteiger partial charge in [0.1, 0.15) is 5.75 Å². The van der Waals surface area contributed by atoms with Crippen LogP contribution in [0.25, 0.3) is 6.08 Å². The van der Waals surface area contributed by atoms with E-state index in [9.17, 15) is 4.79 Å². The number of amides is 1. The normalized spacial score (nSPS) is 10.6. The van der Waals surface area contributed by atoms with Crippen LogP contribution in [0.1, 0.15) is 11.1 Å². The lowest BCUT2D eigenvalue weighted by atomic mass is 10.2. The Morgan fingerprint density at radius 2 is 2.00 bits per heavy atom. The van der Waals surface area contributed by atoms with Gasteiger partial charge in [-0.05, 0) is 42.8 Å². The highest BCUT2D eigenvalue weighted by molar-refractivity contribution is 9.10. The predicted molar refractivity (Wildman–Crippen MR) is 89.5 cm³/mol. The maximum Gasteiger partial charge on any atom is 0.248 e. The Balaban J connectivity index is 2.12. The van der Waals surface area contributed by atoms with E-state index in [4.69, 9.17) is 4.74 Å². The van der Waals surface area contributed by atoms with Crippen molar-refractivity contribution in [3.63, 3.8) is 0 Å². The van der Waals surface area contributed by atoms with Crippen LogP contribution in [0.4, 0.5) is 5.69 Å². The molecule has 21 heavy (non-hydrogen) atoms. The van der Waals surface area contributed by atoms with Gasteiger partial charge in [-0.2, -0.15) is 0 Å². The minimum atomic E-state index is -0.175. The summed E-state index contributed by atoms with van der Waals surface area (Å²) < 4.78 is 6.20. The van der Waals surface area contributed by atoms with Gasteiger partial charge in [-0.3, -0.25) is 4.79 Å². The SMILES string of the molecule is COc1ccc(Br)cc1/C=C/C(=O)Nc1ccccc1C. The van der Waals surface area contributed by atoms with Gasteiger partial charge in [-0.15, -0.1) is 0 Å². The summed E-state index contributed by atoms with van der Waals surface area (Å²) in [6.07, 6.45) is 3.23. The Hall–Kier alpha value is -2.07. The fourth-order valence-corrected chi connectivity index (χ4v) is 2.27. The number of carbonyl (C=O) groups excluding carboxylic acids is 1. The lowest BCUT2D eigenvalue weighted by molar-refractivity contribution is -0.111. The topological polar surface area (TPSA) is 38.3 Å². The molecule has 0 atom stereocenters. The Morgan fingerprint density at radius 3 is 2.71 bits per heavy atom. The molecular formula is C17H16BrNO2. The smallest absolute Gasteiger partial charge is 0.248 e. The number of nitrogens with one attached hydrogen (secondary N) is 1. The Morgan fingerprint density at radius 1 is 1.24 bits per heavy atom. The number of rotatable bonds is 4. The van der Waals surface area contributed by atoms with Crippen LogP contribution in [-0.2, 0) is 4.79 Å². The summed E-state index contributed by atoms with van der Waals surface area (Å²) in [4.78, 5) is 12.0. The average Bonchev–Trinajstić information content (AvgIpc) is 2.48. The highest BCUT2D eigenvalue weighted by atomic mass is 79.9. The van der Waals surface area contributed by atoms with E-state index in [1.807, 2.05) is 49.4 Å². The standard InChI is InChI=1S/C17H16BrNO2/c1-12-5-3-4-6-15(12)19-17(20)10-7-13-11-14(18)8-9-16(13)21-2/h3-11H,1-2H3,(H,19,20)/b10-7+. The molecule has 2 aromatic rings. The second kappa shape index (κ2) is 7.09. The zero-order chi connectivity index (χ0) is 15.2. The number of hydrogen-bond acceptors (Lipinski definition) is 2. The molecule has 108 valence electrons. The van der Waals surface area contributed by atoms with Crippen molar-refractivity contribution in [1.82, 2.24) is 0 Å². The summed E-state index contributed by atoms with van der Waals surface area (Å²) in [7, 11) is 1.61. The molecule has 0 spiro atoms. The molecule has 0 fully saturated rings. The summed E-state index contributed by atoms with van der Waals surface area (Å²) in [5.41, 5.74) is 2.68. The van der Waals surface area contributed by atoms with Crippen molar-refractivity contribution in [3.05, 3.63) is 64.1 Å². The summed E-state index contributed by atoms with van der Waals surface area (Å²) >= 11 is 3.41. The van der Waals surface area contributed by atoms with Gasteiger partial charge in [0.2, 0.25) is 5.91 Å². The van der Waals surface area contributed by atoms with Crippen LogP contribution in [0.15, 0.2) is 53.0 Å². The molecule has 1 N–H and O–H groups in total. The van der Waals surface area contributed by atoms with Crippen LogP contribution >= 0.6 is 15.9 Å². The Bertz CT molecular complexity index is 680. The third-order valence-corrected chi connectivity index (χ3v) is 3.50. The number of para-hydroxylation sites is 1. The quantitative estimate of drug-likeness (QED) is 0.833. The molecule has 0 bridgehead atoms. The molecule has 4 heteroatoms. The van der Waals surface area contributed by atoms with E-state index in [-0.39, 0.29) is 5.91 Å². The van der Waals surface area contributed by atoms with Gasteiger partial charge >= 0.3 is 0 Å². The fraction of sp³-hybridized carbons (Fsp3) is 0.118. The molecule has 2 aromatic carbocycles. The first-order chi connectivity index (χ1) is 10.1. The second-order valence-corrected chi connectivity index (χ2v) is 5.44. The third kappa shape index (κ3) is 4.20. The largest absolute Gasteiger partial charge is 0.496 e. The molecule has 0 aliphatic heterocycles. The van der Waals surface area contributed by atoms with E-state index in [0.29, 0.717) is 0 Å². The lowest BCUT2D eigenvalue weighted by Gasteiger charge is -2.06. The molecule has 0 radical (unpaired) electrons. The Kier molecular flexibility index (Phi) is 5.17. The zero-order valence-corrected chi connectivity index (χ0v) is 13.5. The monoisotopic (exact) mass is 345 g/mol. The first-order valence-electron chi connectivity index (χ1n) is 6.48. The average molecular weight is 346 g/mol. The van der Waals surface area contributed by atoms with E-state index >= 15 is 0 Å². The maximum atomic E-state index is 12.0. The highest BCUT2D eigenvalue weighted by Gasteiger charge is 2.03. The molecule has 0 aliphatic rings. The number of halogens is 1. The lowest BCUT2D eigenvalue weighted by Crippen LogP contribution is -2.08. The Labute approximate surface area is 132 Å². The molecule has 2 rings (SSSR count). The van der Waals surface area contributed by atoms with Gasteiger partial charge in [-0.1, -0.05) is 34.1 Å². The van der Waals surface area contributed by atoms with Gasteiger partial charge in [0.05, 0.1) is 7.11 Å². The van der Waals surface area contributed by atoms with Crippen LogP contribution in [0.2, 0.25) is 0 Å². The third-order valence-electron chi connectivity index (χ3n) is 3.01. The number of methoxy groups -OCH3 is 1. The summed E-state index contributed by atoms with van der Waals surface area (Å²) in [6, 6.07) is 13.3. The first kappa shape index (κ1) is 15.3. The molecular weight excluding hydrogens is 330 g/mol. The molecule has 0 saturated carbocycles. The molecule has 3 nitrogen and oxygen atoms in total. The number of carbonyl (C=O) groups is 1. The van der Waals surface area contributed by atoms with E-state index in [1.165, 1.54) is 6.08 Å². The summed E-state index contributed by atoms with van der Waals surface area (Å²) in [6.45, 7) is 1.96. The number of benzene rings is 2. The van der Waals surface area contributed by atoms with E-state index in [1.54, 1.807) is 13.2 Å². The van der Waals surface area contributed by atoms with Crippen molar-refractivity contribution in [1.29, 1.82) is 0 Å². The van der Waals surface area contributed by atoms with Crippen molar-refractivity contribution in [2.45, 2.75) is 6.92 Å². The second-order valence-electron chi connectivity index (χ2n) is 4.52. The number of hydrogen-bond donors (Lipinski definition) is 1. The van der Waals surface area contributed by atoms with Gasteiger partial charge in [0.15, 0.2) is 0 Å². The maximum absolute atomic E-state index is 12.0. The molecule has 0 heterocycles. The molecule has 0 saturated heterocycles. The molecule has 0 aromatic heterocycles. The number of anilines is 1. The van der Waals surface area contributed by atoms with E-state index in [0.717, 1.165) is 27.0 Å². The van der Waals surface area contributed by atoms with Gasteiger partial charge in [0.25, 0.3) is 0 Å². The molecule has 1 amide bonds. The summed E-state index contributed by atoms with van der Waals surface area (Å²) in [5.74, 6) is 0.546. The van der Waals surface area contributed by atoms with Crippen LogP contribution in [0.5, 0.6) is 5.75 Å². The van der Waals surface area contributed by atoms with Gasteiger partial charge in [0, 0.05) is 21.8 Å². The van der Waals surface area contributed by atoms with Crippen molar-refractivity contribution in [3.8, 4) is 5.75 Å². The van der Waals surface area contributed by atoms with E-state index < -0.39 is 0 Å². The van der Waals surface area contributed by atoms with Crippen molar-refractivity contribution < 1.29 is 9.53 Å². The van der Waals surface area contributed by atoms with Crippen molar-refractivity contribution in [2.75, 3.05) is 12.4 Å². The predicted octanol–water partition coefficient (Wildman–Crippen LogP) is 4.42. The van der Waals surface area contributed by atoms with Gasteiger partial charge < -0.3 is 10.1 Å². The molecule has 0 unspecified atom stereocenters. The minimum absolute atomic E-state index is 0.175. The van der Waals surface area contributed by atoms with E-state index in [2.05, 4.69) is 21.2 Å². The zero-order valence-electron chi connectivity index (χ0n) is 11.9. The van der Waals surface area contributed by atoms with Crippen LogP contribution in [0, 0.1) is 6.92 Å². The van der Waals surface area contributed by atoms with Crippen LogP contribution < -0.4 is 10.1 Å². The highest BCUT2D eigenvalue weighted by Crippen LogP contribution is 2.24. The van der Waals surface area contributed by atoms with Crippen molar-refractivity contribution >= 4 is 33.6 Å². The van der Waals surface area contributed by atoms with Crippen LogP contribution in [0.3, 0.4) is 0 Å². The van der Waals surface area contributed by atoms with Crippen LogP contribution in [-0.4, -0.2) is 13.0 Å². The molecule has 0 aliphatic carbocycles. The van der Waals surface area contributed by atoms with Gasteiger partial charge in [-0.25, -0.2) is 0 Å².